The van der Waals surface area contributed by atoms with Gasteiger partial charge in [-0.05, 0) is 75.2 Å². The van der Waals surface area contributed by atoms with Gasteiger partial charge in [0.15, 0.2) is 0 Å². The normalized spacial score (nSPS) is 15.7. The van der Waals surface area contributed by atoms with Gasteiger partial charge >= 0.3 is 0 Å². The molecule has 156 valence electrons. The first-order valence-corrected chi connectivity index (χ1v) is 10.7. The number of carbonyl (C=O) groups is 1. The first-order chi connectivity index (χ1) is 14.5. The second-order valence-corrected chi connectivity index (χ2v) is 8.71. The molecule has 1 aliphatic rings. The molecule has 0 aromatic carbocycles. The van der Waals surface area contributed by atoms with E-state index in [9.17, 15) is 4.79 Å². The fourth-order valence-corrected chi connectivity index (χ4v) is 4.22. The van der Waals surface area contributed by atoms with E-state index < -0.39 is 0 Å². The van der Waals surface area contributed by atoms with Crippen molar-refractivity contribution in [1.29, 1.82) is 0 Å². The van der Waals surface area contributed by atoms with Gasteiger partial charge in [0.25, 0.3) is 5.91 Å². The van der Waals surface area contributed by atoms with E-state index in [0.29, 0.717) is 5.69 Å². The molecular formula is C24H29N5O. The summed E-state index contributed by atoms with van der Waals surface area (Å²) in [5.74, 6) is -0.149. The lowest BCUT2D eigenvalue weighted by atomic mass is 10.0. The minimum Gasteiger partial charge on any atom is -0.345 e. The summed E-state index contributed by atoms with van der Waals surface area (Å²) in [6.45, 7) is 7.22. The molecule has 1 saturated heterocycles. The second kappa shape index (κ2) is 8.88. The Morgan fingerprint density at radius 1 is 1.03 bits per heavy atom. The van der Waals surface area contributed by atoms with Crippen molar-refractivity contribution in [2.24, 2.45) is 0 Å². The van der Waals surface area contributed by atoms with Gasteiger partial charge < -0.3 is 10.2 Å². The molecule has 0 atom stereocenters. The molecule has 0 aliphatic carbocycles. The fraction of sp³-hybridized carbons (Fsp3) is 0.417. The molecule has 0 unspecified atom stereocenters. The highest BCUT2D eigenvalue weighted by molar-refractivity contribution is 6.01. The molecule has 3 aromatic rings. The van der Waals surface area contributed by atoms with Crippen LogP contribution in [0, 0.1) is 0 Å². The third kappa shape index (κ3) is 4.82. The molecule has 6 nitrogen and oxygen atoms in total. The number of likely N-dealkylation sites (tertiary alicyclic amines) is 1. The maximum Gasteiger partial charge on any atom is 0.270 e. The van der Waals surface area contributed by atoms with Gasteiger partial charge in [0.1, 0.15) is 5.69 Å². The average Bonchev–Trinajstić information content (AvgIpc) is 3.01. The van der Waals surface area contributed by atoms with E-state index in [-0.39, 0.29) is 11.4 Å². The topological polar surface area (TPSA) is 71.0 Å². The average molecular weight is 404 g/mol. The molecule has 1 N–H and O–H groups in total. The molecule has 1 aliphatic heterocycles. The monoisotopic (exact) mass is 403 g/mol. The van der Waals surface area contributed by atoms with E-state index >= 15 is 0 Å². The number of hydrogen-bond acceptors (Lipinski definition) is 5. The van der Waals surface area contributed by atoms with E-state index in [2.05, 4.69) is 39.0 Å². The molecule has 1 amide bonds. The second-order valence-electron chi connectivity index (χ2n) is 8.71. The summed E-state index contributed by atoms with van der Waals surface area (Å²) in [6, 6.07) is 7.58. The van der Waals surface area contributed by atoms with Crippen molar-refractivity contribution >= 4 is 16.8 Å². The number of amides is 1. The molecule has 0 radical (unpaired) electrons. The Labute approximate surface area is 177 Å². The van der Waals surface area contributed by atoms with Crippen LogP contribution in [-0.2, 0) is 0 Å². The van der Waals surface area contributed by atoms with Crippen molar-refractivity contribution in [3.8, 4) is 11.1 Å². The molecule has 4 rings (SSSR count). The highest BCUT2D eigenvalue weighted by Crippen LogP contribution is 2.28. The molecular weight excluding hydrogens is 374 g/mol. The van der Waals surface area contributed by atoms with Crippen LogP contribution in [-0.4, -0.2) is 50.9 Å². The summed E-state index contributed by atoms with van der Waals surface area (Å²) < 4.78 is 0. The van der Waals surface area contributed by atoms with Gasteiger partial charge in [0.05, 0.1) is 5.52 Å². The van der Waals surface area contributed by atoms with Crippen molar-refractivity contribution in [3.05, 3.63) is 54.7 Å². The van der Waals surface area contributed by atoms with Crippen LogP contribution < -0.4 is 5.32 Å². The summed E-state index contributed by atoms with van der Waals surface area (Å²) in [7, 11) is 0. The van der Waals surface area contributed by atoms with Gasteiger partial charge in [0.2, 0.25) is 0 Å². The lowest BCUT2D eigenvalue weighted by molar-refractivity contribution is 0.0883. The number of pyridine rings is 3. The van der Waals surface area contributed by atoms with Crippen molar-refractivity contribution in [1.82, 2.24) is 25.2 Å². The Morgan fingerprint density at radius 3 is 2.47 bits per heavy atom. The SMILES string of the molecule is CC(C)(CN1CCCCCC1)NC(=O)c1cc(-c2ccncc2)c2cnccc2n1. The summed E-state index contributed by atoms with van der Waals surface area (Å²) >= 11 is 0. The molecule has 0 spiro atoms. The Balaban J connectivity index is 1.60. The number of carbonyl (C=O) groups excluding carboxylic acids is 1. The number of nitrogens with one attached hydrogen (secondary N) is 1. The van der Waals surface area contributed by atoms with Gasteiger partial charge in [-0.25, -0.2) is 4.98 Å². The predicted molar refractivity (Wildman–Crippen MR) is 119 cm³/mol. The number of fused-ring (bicyclic) bond motifs is 1. The minimum atomic E-state index is -0.340. The highest BCUT2D eigenvalue weighted by Gasteiger charge is 2.26. The van der Waals surface area contributed by atoms with E-state index in [4.69, 9.17) is 0 Å². The van der Waals surface area contributed by atoms with Crippen LogP contribution in [0.2, 0.25) is 0 Å². The van der Waals surface area contributed by atoms with Crippen molar-refractivity contribution in [2.75, 3.05) is 19.6 Å². The van der Waals surface area contributed by atoms with Crippen molar-refractivity contribution in [2.45, 2.75) is 45.1 Å². The zero-order valence-corrected chi connectivity index (χ0v) is 17.8. The van der Waals surface area contributed by atoms with Crippen LogP contribution in [0.4, 0.5) is 0 Å². The summed E-state index contributed by atoms with van der Waals surface area (Å²) in [6.07, 6.45) is 12.1. The van der Waals surface area contributed by atoms with Crippen LogP contribution in [0.3, 0.4) is 0 Å². The third-order valence-electron chi connectivity index (χ3n) is 5.60. The molecule has 0 saturated carbocycles. The molecule has 6 heteroatoms. The van der Waals surface area contributed by atoms with Gasteiger partial charge in [-0.3, -0.25) is 14.8 Å². The van der Waals surface area contributed by atoms with Crippen LogP contribution in [0.25, 0.3) is 22.0 Å². The van der Waals surface area contributed by atoms with E-state index in [0.717, 1.165) is 41.7 Å². The maximum absolute atomic E-state index is 13.2. The van der Waals surface area contributed by atoms with Gasteiger partial charge in [-0.1, -0.05) is 12.8 Å². The molecule has 0 bridgehead atoms. The Bertz CT molecular complexity index is 1010. The largest absolute Gasteiger partial charge is 0.345 e. The number of nitrogens with zero attached hydrogens (tertiary/aromatic N) is 4. The van der Waals surface area contributed by atoms with Crippen molar-refractivity contribution < 1.29 is 4.79 Å². The quantitative estimate of drug-likeness (QED) is 0.695. The lowest BCUT2D eigenvalue weighted by Crippen LogP contribution is -2.51. The third-order valence-corrected chi connectivity index (χ3v) is 5.60. The first kappa shape index (κ1) is 20.4. The fourth-order valence-electron chi connectivity index (χ4n) is 4.22. The maximum atomic E-state index is 13.2. The van der Waals surface area contributed by atoms with Crippen LogP contribution in [0.15, 0.2) is 49.1 Å². The van der Waals surface area contributed by atoms with E-state index in [1.165, 1.54) is 25.7 Å². The molecule has 4 heterocycles. The summed E-state index contributed by atoms with van der Waals surface area (Å²) in [5.41, 5.74) is 2.76. The standard InChI is InChI=1S/C24H29N5O/c1-24(2,17-29-13-5-3-4-6-14-29)28-23(30)22-15-19(18-7-10-25-11-8-18)20-16-26-12-9-21(20)27-22/h7-12,15-16H,3-6,13-14,17H2,1-2H3,(H,28,30). The number of hydrogen-bond donors (Lipinski definition) is 1. The first-order valence-electron chi connectivity index (χ1n) is 10.7. The number of aromatic nitrogens is 3. The summed E-state index contributed by atoms with van der Waals surface area (Å²) in [4.78, 5) is 28.6. The molecule has 1 fully saturated rings. The van der Waals surface area contributed by atoms with Crippen LogP contribution in [0.1, 0.15) is 50.0 Å². The zero-order valence-electron chi connectivity index (χ0n) is 17.8. The molecule has 30 heavy (non-hydrogen) atoms. The van der Waals surface area contributed by atoms with Crippen LogP contribution >= 0.6 is 0 Å². The van der Waals surface area contributed by atoms with E-state index in [1.54, 1.807) is 24.8 Å². The Morgan fingerprint density at radius 2 is 1.73 bits per heavy atom. The minimum absolute atomic E-state index is 0.149. The van der Waals surface area contributed by atoms with Crippen LogP contribution in [0.5, 0.6) is 0 Å². The predicted octanol–water partition coefficient (Wildman–Crippen LogP) is 4.08. The van der Waals surface area contributed by atoms with Gasteiger partial charge in [-0.15, -0.1) is 0 Å². The lowest BCUT2D eigenvalue weighted by Gasteiger charge is -2.32. The van der Waals surface area contributed by atoms with Crippen molar-refractivity contribution in [3.63, 3.8) is 0 Å². The highest BCUT2D eigenvalue weighted by atomic mass is 16.2. The Kier molecular flexibility index (Phi) is 6.04. The molecule has 3 aromatic heterocycles. The van der Waals surface area contributed by atoms with E-state index in [1.807, 2.05) is 24.3 Å². The van der Waals surface area contributed by atoms with Gasteiger partial charge in [-0.2, -0.15) is 0 Å². The van der Waals surface area contributed by atoms with Gasteiger partial charge in [0, 0.05) is 42.3 Å². The smallest absolute Gasteiger partial charge is 0.270 e. The number of rotatable bonds is 5. The zero-order chi connectivity index (χ0) is 21.0. The Hall–Kier alpha value is -2.86. The summed E-state index contributed by atoms with van der Waals surface area (Å²) in [5, 5.41) is 4.13.